The molecular formula is C28H24ClN3O2S. The van der Waals surface area contributed by atoms with E-state index in [1.165, 1.54) is 11.8 Å². The topological polar surface area (TPSA) is 56.6 Å². The molecule has 0 N–H and O–H groups in total. The lowest BCUT2D eigenvalue weighted by molar-refractivity contribution is -0.129. The molecule has 3 aromatic rings. The Morgan fingerprint density at radius 3 is 2.71 bits per heavy atom. The normalized spacial score (nSPS) is 17.7. The highest BCUT2D eigenvalue weighted by atomic mass is 35.5. The largest absolute Gasteiger partial charge is 0.489 e. The third kappa shape index (κ3) is 4.75. The van der Waals surface area contributed by atoms with Gasteiger partial charge in [-0.2, -0.15) is 5.26 Å². The lowest BCUT2D eigenvalue weighted by Gasteiger charge is -2.42. The quantitative estimate of drug-likeness (QED) is 0.402. The molecule has 5 nitrogen and oxygen atoms in total. The van der Waals surface area contributed by atoms with E-state index in [1.807, 2.05) is 79.7 Å². The molecule has 1 fully saturated rings. The molecule has 2 aliphatic heterocycles. The van der Waals surface area contributed by atoms with Gasteiger partial charge in [-0.15, -0.1) is 0 Å². The number of hydrogen-bond acceptors (Lipinski definition) is 5. The first-order valence-corrected chi connectivity index (χ1v) is 12.8. The second-order valence-corrected chi connectivity index (χ2v) is 9.94. The molecule has 2 aliphatic rings. The molecule has 0 unspecified atom stereocenters. The molecule has 7 heteroatoms. The van der Waals surface area contributed by atoms with Gasteiger partial charge in [-0.25, -0.2) is 0 Å². The van der Waals surface area contributed by atoms with E-state index in [0.29, 0.717) is 29.7 Å². The smallest absolute Gasteiger partial charge is 0.229 e. The Labute approximate surface area is 214 Å². The maximum atomic E-state index is 13.3. The fourth-order valence-electron chi connectivity index (χ4n) is 4.50. The second-order valence-electron chi connectivity index (χ2n) is 8.59. The fourth-order valence-corrected chi connectivity index (χ4v) is 5.83. The Kier molecular flexibility index (Phi) is 6.72. The minimum Gasteiger partial charge on any atom is -0.489 e. The number of anilines is 1. The molecule has 1 atom stereocenters. The predicted octanol–water partition coefficient (Wildman–Crippen LogP) is 6.45. The number of nitrogens with zero attached hydrogens (tertiary/aromatic N) is 3. The average Bonchev–Trinajstić information content (AvgIpc) is 2.89. The van der Waals surface area contributed by atoms with Gasteiger partial charge in [0.25, 0.3) is 0 Å². The SMILES string of the molecule is Cc1c(Cl)cccc1N1CSC2=C(C#N)[C@H](c3cccc(OCc4ccccc4)c3)CC(=O)N2C1. The van der Waals surface area contributed by atoms with Gasteiger partial charge in [0.05, 0.1) is 29.2 Å². The summed E-state index contributed by atoms with van der Waals surface area (Å²) < 4.78 is 5.99. The summed E-state index contributed by atoms with van der Waals surface area (Å²) in [6, 6.07) is 25.9. The molecule has 5 rings (SSSR count). The summed E-state index contributed by atoms with van der Waals surface area (Å²) >= 11 is 7.85. The first-order valence-electron chi connectivity index (χ1n) is 11.4. The van der Waals surface area contributed by atoms with E-state index in [9.17, 15) is 10.1 Å². The van der Waals surface area contributed by atoms with E-state index in [-0.39, 0.29) is 18.2 Å². The number of halogens is 1. The van der Waals surface area contributed by atoms with E-state index in [0.717, 1.165) is 33.2 Å². The zero-order chi connectivity index (χ0) is 24.4. The van der Waals surface area contributed by atoms with Crippen molar-refractivity contribution >= 4 is 35.0 Å². The van der Waals surface area contributed by atoms with Gasteiger partial charge < -0.3 is 9.64 Å². The van der Waals surface area contributed by atoms with Crippen molar-refractivity contribution in [2.45, 2.75) is 25.9 Å². The number of ether oxygens (including phenoxy) is 1. The highest BCUT2D eigenvalue weighted by molar-refractivity contribution is 8.03. The maximum Gasteiger partial charge on any atom is 0.229 e. The maximum absolute atomic E-state index is 13.3. The van der Waals surface area contributed by atoms with Crippen molar-refractivity contribution in [2.24, 2.45) is 0 Å². The van der Waals surface area contributed by atoms with Crippen LogP contribution in [0, 0.1) is 18.3 Å². The summed E-state index contributed by atoms with van der Waals surface area (Å²) in [5, 5.41) is 11.6. The van der Waals surface area contributed by atoms with Crippen molar-refractivity contribution in [1.29, 1.82) is 5.26 Å². The van der Waals surface area contributed by atoms with Crippen molar-refractivity contribution < 1.29 is 9.53 Å². The third-order valence-electron chi connectivity index (χ3n) is 6.38. The number of carbonyl (C=O) groups is 1. The van der Waals surface area contributed by atoms with Gasteiger partial charge in [0.15, 0.2) is 0 Å². The molecule has 0 aliphatic carbocycles. The van der Waals surface area contributed by atoms with Crippen molar-refractivity contribution in [1.82, 2.24) is 4.90 Å². The van der Waals surface area contributed by atoms with Gasteiger partial charge in [-0.05, 0) is 47.9 Å². The van der Waals surface area contributed by atoms with Crippen molar-refractivity contribution in [3.05, 3.63) is 105 Å². The van der Waals surface area contributed by atoms with Crippen LogP contribution in [0.4, 0.5) is 5.69 Å². The second kappa shape index (κ2) is 10.1. The van der Waals surface area contributed by atoms with E-state index in [4.69, 9.17) is 16.3 Å². The Bertz CT molecular complexity index is 1340. The van der Waals surface area contributed by atoms with Crippen LogP contribution in [-0.2, 0) is 11.4 Å². The van der Waals surface area contributed by atoms with Crippen LogP contribution in [0.25, 0.3) is 0 Å². The molecule has 3 aromatic carbocycles. The van der Waals surface area contributed by atoms with Gasteiger partial charge in [-0.1, -0.05) is 71.9 Å². The zero-order valence-electron chi connectivity index (χ0n) is 19.3. The highest BCUT2D eigenvalue weighted by Gasteiger charge is 2.38. The van der Waals surface area contributed by atoms with Crippen molar-refractivity contribution in [2.75, 3.05) is 17.4 Å². The summed E-state index contributed by atoms with van der Waals surface area (Å²) in [6.07, 6.45) is 0.247. The van der Waals surface area contributed by atoms with Gasteiger partial charge in [0, 0.05) is 23.0 Å². The predicted molar refractivity (Wildman–Crippen MR) is 140 cm³/mol. The van der Waals surface area contributed by atoms with Gasteiger partial charge >= 0.3 is 0 Å². The molecule has 0 bridgehead atoms. The monoisotopic (exact) mass is 501 g/mol. The van der Waals surface area contributed by atoms with E-state index in [1.54, 1.807) is 4.90 Å². The summed E-state index contributed by atoms with van der Waals surface area (Å²) in [5.41, 5.74) is 4.62. The summed E-state index contributed by atoms with van der Waals surface area (Å²) in [7, 11) is 0. The highest BCUT2D eigenvalue weighted by Crippen LogP contribution is 2.44. The molecule has 176 valence electrons. The van der Waals surface area contributed by atoms with Gasteiger partial charge in [0.2, 0.25) is 5.91 Å². The van der Waals surface area contributed by atoms with Crippen LogP contribution in [-0.4, -0.2) is 23.4 Å². The number of benzene rings is 3. The van der Waals surface area contributed by atoms with Crippen LogP contribution < -0.4 is 9.64 Å². The average molecular weight is 502 g/mol. The molecule has 1 amide bonds. The van der Waals surface area contributed by atoms with Crippen molar-refractivity contribution in [3.63, 3.8) is 0 Å². The number of rotatable bonds is 5. The molecule has 0 aromatic heterocycles. The van der Waals surface area contributed by atoms with Crippen LogP contribution in [0.3, 0.4) is 0 Å². The van der Waals surface area contributed by atoms with Crippen LogP contribution >= 0.6 is 23.4 Å². The summed E-state index contributed by atoms with van der Waals surface area (Å²) in [6.45, 7) is 2.85. The van der Waals surface area contributed by atoms with Gasteiger partial charge in [0.1, 0.15) is 12.4 Å². The molecule has 0 spiro atoms. The van der Waals surface area contributed by atoms with Crippen LogP contribution in [0.5, 0.6) is 5.75 Å². The minimum atomic E-state index is -0.286. The first-order chi connectivity index (χ1) is 17.0. The molecule has 0 saturated carbocycles. The number of allylic oxidation sites excluding steroid dienone is 1. The number of amides is 1. The summed E-state index contributed by atoms with van der Waals surface area (Å²) in [4.78, 5) is 17.1. The lowest BCUT2D eigenvalue weighted by Crippen LogP contribution is -2.47. The fraction of sp³-hybridized carbons (Fsp3) is 0.214. The number of nitriles is 1. The van der Waals surface area contributed by atoms with Gasteiger partial charge in [-0.3, -0.25) is 9.69 Å². The number of hydrogen-bond donors (Lipinski definition) is 0. The molecule has 35 heavy (non-hydrogen) atoms. The molecular weight excluding hydrogens is 478 g/mol. The van der Waals surface area contributed by atoms with Crippen molar-refractivity contribution in [3.8, 4) is 11.8 Å². The first kappa shape index (κ1) is 23.3. The molecule has 1 saturated heterocycles. The zero-order valence-corrected chi connectivity index (χ0v) is 20.9. The Hall–Kier alpha value is -3.40. The number of carbonyl (C=O) groups excluding carboxylic acids is 1. The summed E-state index contributed by atoms with van der Waals surface area (Å²) in [5.74, 6) is 1.09. The Balaban J connectivity index is 1.39. The standard InChI is InChI=1S/C28H24ClN3O2S/c1-19-25(29)11-6-12-26(19)31-17-32-27(33)14-23(24(15-30)28(32)35-18-31)21-9-5-10-22(13-21)34-16-20-7-3-2-4-8-20/h2-13,23H,14,16-18H2,1H3/t23-/m0/s1. The number of thioether (sulfide) groups is 1. The third-order valence-corrected chi connectivity index (χ3v) is 7.95. The van der Waals surface area contributed by atoms with E-state index < -0.39 is 0 Å². The lowest BCUT2D eigenvalue weighted by atomic mass is 9.86. The number of fused-ring (bicyclic) bond motifs is 1. The van der Waals surface area contributed by atoms with Crippen LogP contribution in [0.2, 0.25) is 5.02 Å². The molecule has 0 radical (unpaired) electrons. The molecule has 2 heterocycles. The van der Waals surface area contributed by atoms with Crippen LogP contribution in [0.15, 0.2) is 83.4 Å². The Morgan fingerprint density at radius 1 is 1.11 bits per heavy atom. The Morgan fingerprint density at radius 2 is 1.91 bits per heavy atom. The minimum absolute atomic E-state index is 0.0106. The van der Waals surface area contributed by atoms with E-state index >= 15 is 0 Å². The van der Waals surface area contributed by atoms with Crippen LogP contribution in [0.1, 0.15) is 29.0 Å². The van der Waals surface area contributed by atoms with E-state index in [2.05, 4.69) is 11.0 Å².